The molecule has 5 heteroatoms. The lowest BCUT2D eigenvalue weighted by atomic mass is 10.2. The molecule has 0 atom stereocenters. The first kappa shape index (κ1) is 11.6. The van der Waals surface area contributed by atoms with Gasteiger partial charge >= 0.3 is 0 Å². The Labute approximate surface area is 109 Å². The minimum Gasteiger partial charge on any atom is -0.378 e. The number of anilines is 1. The molecule has 0 saturated carbocycles. The predicted molar refractivity (Wildman–Crippen MR) is 70.5 cm³/mol. The van der Waals surface area contributed by atoms with Crippen molar-refractivity contribution in [1.82, 2.24) is 4.98 Å². The van der Waals surface area contributed by atoms with Gasteiger partial charge in [0, 0.05) is 19.3 Å². The Morgan fingerprint density at radius 2 is 2.11 bits per heavy atom. The van der Waals surface area contributed by atoms with Crippen molar-refractivity contribution in [2.24, 2.45) is 0 Å². The molecule has 0 radical (unpaired) electrons. The molecule has 2 aromatic rings. The van der Waals surface area contributed by atoms with Crippen LogP contribution in [0.1, 0.15) is 0 Å². The molecule has 3 rings (SSSR count). The third-order valence-corrected chi connectivity index (χ3v) is 3.99. The second-order valence-electron chi connectivity index (χ2n) is 4.12. The van der Waals surface area contributed by atoms with Crippen LogP contribution >= 0.6 is 11.3 Å². The lowest BCUT2D eigenvalue weighted by Crippen LogP contribution is -2.36. The zero-order chi connectivity index (χ0) is 12.4. The number of aromatic nitrogens is 1. The highest BCUT2D eigenvalue weighted by molar-refractivity contribution is 7.18. The van der Waals surface area contributed by atoms with Crippen LogP contribution in [0.25, 0.3) is 10.4 Å². The van der Waals surface area contributed by atoms with Gasteiger partial charge < -0.3 is 9.64 Å². The summed E-state index contributed by atoms with van der Waals surface area (Å²) in [6.45, 7) is 3.23. The number of halogens is 1. The van der Waals surface area contributed by atoms with Crippen LogP contribution in [0.15, 0.2) is 30.5 Å². The van der Waals surface area contributed by atoms with Crippen molar-refractivity contribution in [3.63, 3.8) is 0 Å². The second kappa shape index (κ2) is 5.04. The molecule has 0 unspecified atom stereocenters. The molecular weight excluding hydrogens is 251 g/mol. The summed E-state index contributed by atoms with van der Waals surface area (Å²) in [5.41, 5.74) is 0.881. The van der Waals surface area contributed by atoms with Crippen LogP contribution in [0.3, 0.4) is 0 Å². The number of hydrogen-bond donors (Lipinski definition) is 0. The first-order valence-corrected chi connectivity index (χ1v) is 6.69. The Balaban J connectivity index is 1.84. The molecule has 1 aliphatic rings. The first-order chi connectivity index (χ1) is 8.83. The van der Waals surface area contributed by atoms with E-state index in [1.807, 2.05) is 12.3 Å². The summed E-state index contributed by atoms with van der Waals surface area (Å²) < 4.78 is 18.5. The Kier molecular flexibility index (Phi) is 3.25. The monoisotopic (exact) mass is 264 g/mol. The van der Waals surface area contributed by atoms with Crippen molar-refractivity contribution in [2.45, 2.75) is 0 Å². The average Bonchev–Trinajstić information content (AvgIpc) is 2.89. The van der Waals surface area contributed by atoms with Crippen LogP contribution in [0.4, 0.5) is 9.52 Å². The van der Waals surface area contributed by atoms with Crippen LogP contribution in [0, 0.1) is 5.82 Å². The number of rotatable bonds is 2. The molecule has 1 aromatic carbocycles. The predicted octanol–water partition coefficient (Wildman–Crippen LogP) is 2.79. The maximum Gasteiger partial charge on any atom is 0.186 e. The molecule has 0 N–H and O–H groups in total. The maximum atomic E-state index is 13.2. The number of nitrogens with zero attached hydrogens (tertiary/aromatic N) is 2. The third-order valence-electron chi connectivity index (χ3n) is 2.88. The topological polar surface area (TPSA) is 25.4 Å². The third kappa shape index (κ3) is 2.37. The molecule has 0 aliphatic carbocycles. The van der Waals surface area contributed by atoms with E-state index in [4.69, 9.17) is 4.74 Å². The summed E-state index contributed by atoms with van der Waals surface area (Å²) in [7, 11) is 0. The molecule has 0 spiro atoms. The fraction of sp³-hybridized carbons (Fsp3) is 0.308. The summed E-state index contributed by atoms with van der Waals surface area (Å²) in [5.74, 6) is -0.214. The molecule has 1 saturated heterocycles. The minimum absolute atomic E-state index is 0.214. The number of ether oxygens (including phenoxy) is 1. The van der Waals surface area contributed by atoms with Crippen molar-refractivity contribution in [2.75, 3.05) is 31.2 Å². The van der Waals surface area contributed by atoms with E-state index in [-0.39, 0.29) is 5.82 Å². The molecule has 18 heavy (non-hydrogen) atoms. The molecule has 94 valence electrons. The minimum atomic E-state index is -0.214. The van der Waals surface area contributed by atoms with Crippen LogP contribution in [-0.4, -0.2) is 31.3 Å². The zero-order valence-electron chi connectivity index (χ0n) is 9.80. The molecule has 1 fully saturated rings. The van der Waals surface area contributed by atoms with Crippen LogP contribution < -0.4 is 4.90 Å². The molecule has 0 bridgehead atoms. The standard InChI is InChI=1S/C13H13FN2OS/c14-11-3-1-2-10(8-11)12-9-15-13(18-12)16-4-6-17-7-5-16/h1-3,8-9H,4-7H2. The van der Waals surface area contributed by atoms with Gasteiger partial charge in [-0.1, -0.05) is 23.5 Å². The van der Waals surface area contributed by atoms with E-state index in [1.165, 1.54) is 12.1 Å². The quantitative estimate of drug-likeness (QED) is 0.834. The number of morpholine rings is 1. The summed E-state index contributed by atoms with van der Waals surface area (Å²) in [6, 6.07) is 6.61. The van der Waals surface area contributed by atoms with Crippen molar-refractivity contribution in [3.8, 4) is 10.4 Å². The number of benzene rings is 1. The highest BCUT2D eigenvalue weighted by Crippen LogP contribution is 2.31. The van der Waals surface area contributed by atoms with Gasteiger partial charge in [-0.25, -0.2) is 9.37 Å². The van der Waals surface area contributed by atoms with E-state index in [9.17, 15) is 4.39 Å². The van der Waals surface area contributed by atoms with Gasteiger partial charge in [-0.3, -0.25) is 0 Å². The van der Waals surface area contributed by atoms with Crippen LogP contribution in [-0.2, 0) is 4.74 Å². The highest BCUT2D eigenvalue weighted by Gasteiger charge is 2.15. The zero-order valence-corrected chi connectivity index (χ0v) is 10.6. The Bertz CT molecular complexity index is 537. The maximum absolute atomic E-state index is 13.2. The Morgan fingerprint density at radius 3 is 2.89 bits per heavy atom. The van der Waals surface area contributed by atoms with Crippen molar-refractivity contribution >= 4 is 16.5 Å². The van der Waals surface area contributed by atoms with E-state index in [2.05, 4.69) is 9.88 Å². The van der Waals surface area contributed by atoms with Gasteiger partial charge in [0.1, 0.15) is 5.82 Å². The van der Waals surface area contributed by atoms with Crippen molar-refractivity contribution in [1.29, 1.82) is 0 Å². The molecule has 1 aromatic heterocycles. The van der Waals surface area contributed by atoms with Gasteiger partial charge in [-0.15, -0.1) is 0 Å². The van der Waals surface area contributed by atoms with Crippen LogP contribution in [0.5, 0.6) is 0 Å². The van der Waals surface area contributed by atoms with E-state index >= 15 is 0 Å². The largest absolute Gasteiger partial charge is 0.378 e. The highest BCUT2D eigenvalue weighted by atomic mass is 32.1. The average molecular weight is 264 g/mol. The van der Waals surface area contributed by atoms with Gasteiger partial charge in [0.2, 0.25) is 0 Å². The lowest BCUT2D eigenvalue weighted by Gasteiger charge is -2.25. The number of hydrogen-bond acceptors (Lipinski definition) is 4. The van der Waals surface area contributed by atoms with E-state index in [0.29, 0.717) is 0 Å². The molecule has 0 amide bonds. The summed E-state index contributed by atoms with van der Waals surface area (Å²) in [4.78, 5) is 7.61. The van der Waals surface area contributed by atoms with Gasteiger partial charge in [0.15, 0.2) is 5.13 Å². The van der Waals surface area contributed by atoms with Gasteiger partial charge in [-0.05, 0) is 17.7 Å². The van der Waals surface area contributed by atoms with E-state index in [1.54, 1.807) is 17.4 Å². The van der Waals surface area contributed by atoms with E-state index < -0.39 is 0 Å². The van der Waals surface area contributed by atoms with E-state index in [0.717, 1.165) is 41.9 Å². The fourth-order valence-electron chi connectivity index (χ4n) is 1.94. The molecule has 1 aliphatic heterocycles. The van der Waals surface area contributed by atoms with Crippen molar-refractivity contribution < 1.29 is 9.13 Å². The van der Waals surface area contributed by atoms with Crippen molar-refractivity contribution in [3.05, 3.63) is 36.3 Å². The smallest absolute Gasteiger partial charge is 0.186 e. The molecule has 2 heterocycles. The summed E-state index contributed by atoms with van der Waals surface area (Å²) in [5, 5.41) is 0.984. The normalized spacial score (nSPS) is 15.9. The first-order valence-electron chi connectivity index (χ1n) is 5.87. The lowest BCUT2D eigenvalue weighted by molar-refractivity contribution is 0.122. The SMILES string of the molecule is Fc1cccc(-c2cnc(N3CCOCC3)s2)c1. The molecular formula is C13H13FN2OS. The molecule has 3 nitrogen and oxygen atoms in total. The van der Waals surface area contributed by atoms with Gasteiger partial charge in [-0.2, -0.15) is 0 Å². The second-order valence-corrected chi connectivity index (χ2v) is 5.13. The Morgan fingerprint density at radius 1 is 1.28 bits per heavy atom. The summed E-state index contributed by atoms with van der Waals surface area (Å²) in [6.07, 6.45) is 1.81. The summed E-state index contributed by atoms with van der Waals surface area (Å²) >= 11 is 1.59. The fourth-order valence-corrected chi connectivity index (χ4v) is 2.90. The number of thiazole rings is 1. The Hall–Kier alpha value is -1.46. The van der Waals surface area contributed by atoms with Gasteiger partial charge in [0.05, 0.1) is 18.1 Å². The van der Waals surface area contributed by atoms with Crippen LogP contribution in [0.2, 0.25) is 0 Å². The van der Waals surface area contributed by atoms with Gasteiger partial charge in [0.25, 0.3) is 0 Å².